The van der Waals surface area contributed by atoms with Crippen molar-refractivity contribution in [3.8, 4) is 0 Å². The fourth-order valence-electron chi connectivity index (χ4n) is 2.50. The van der Waals surface area contributed by atoms with E-state index in [-0.39, 0.29) is 18.3 Å². The molecule has 0 saturated carbocycles. The number of nitrogens with one attached hydrogen (secondary N) is 1. The second-order valence-corrected chi connectivity index (χ2v) is 5.77. The van der Waals surface area contributed by atoms with Gasteiger partial charge in [-0.05, 0) is 56.6 Å². The van der Waals surface area contributed by atoms with Gasteiger partial charge in [0.15, 0.2) is 0 Å². The van der Waals surface area contributed by atoms with Crippen molar-refractivity contribution in [2.24, 2.45) is 11.7 Å². The number of likely N-dealkylation sites (tertiary alicyclic amines) is 1. The van der Waals surface area contributed by atoms with Crippen LogP contribution >= 0.6 is 24.0 Å². The Balaban J connectivity index is 0.00000220. The van der Waals surface area contributed by atoms with Crippen molar-refractivity contribution in [1.29, 1.82) is 0 Å². The van der Waals surface area contributed by atoms with E-state index in [1.807, 2.05) is 12.1 Å². The molecule has 1 saturated heterocycles. The Bertz CT molecular complexity index is 448. The summed E-state index contributed by atoms with van der Waals surface area (Å²) in [5.74, 6) is 0.694. The second kappa shape index (κ2) is 9.26. The largest absolute Gasteiger partial charge is 0.330 e. The summed E-state index contributed by atoms with van der Waals surface area (Å²) < 4.78 is 0. The number of carbonyl (C=O) groups is 1. The minimum atomic E-state index is 0. The molecule has 0 aromatic heterocycles. The van der Waals surface area contributed by atoms with Gasteiger partial charge >= 0.3 is 0 Å². The first-order chi connectivity index (χ1) is 9.67. The average molecular weight is 332 g/mol. The van der Waals surface area contributed by atoms with E-state index in [4.69, 9.17) is 17.3 Å². The van der Waals surface area contributed by atoms with Crippen LogP contribution in [0.15, 0.2) is 24.3 Å². The van der Waals surface area contributed by atoms with Crippen LogP contribution < -0.4 is 11.1 Å². The smallest absolute Gasteiger partial charge is 0.225 e. The molecule has 21 heavy (non-hydrogen) atoms. The maximum atomic E-state index is 11.9. The number of carbonyl (C=O) groups excluding carboxylic acids is 1. The van der Waals surface area contributed by atoms with E-state index in [0.717, 1.165) is 44.7 Å². The van der Waals surface area contributed by atoms with Crippen LogP contribution in [0.2, 0.25) is 5.02 Å². The van der Waals surface area contributed by atoms with Crippen LogP contribution in [0.4, 0.5) is 5.69 Å². The third-order valence-corrected chi connectivity index (χ3v) is 4.04. The van der Waals surface area contributed by atoms with Crippen LogP contribution in [-0.2, 0) is 4.79 Å². The van der Waals surface area contributed by atoms with Gasteiger partial charge in [-0.1, -0.05) is 17.7 Å². The summed E-state index contributed by atoms with van der Waals surface area (Å²) in [6.45, 7) is 3.69. The summed E-state index contributed by atoms with van der Waals surface area (Å²) in [4.78, 5) is 14.2. The first-order valence-corrected chi connectivity index (χ1v) is 7.53. The van der Waals surface area contributed by atoms with E-state index < -0.39 is 0 Å². The standard InChI is InChI=1S/C15H22ClN3O.ClH/c16-13-2-1-3-14(10-13)18-15(20)6-9-19-7-4-12(11-17)5-8-19;/h1-3,10,12H,4-9,11,17H2,(H,18,20);1H. The number of rotatable bonds is 5. The van der Waals surface area contributed by atoms with Gasteiger partial charge in [0.1, 0.15) is 0 Å². The summed E-state index contributed by atoms with van der Waals surface area (Å²) in [5, 5.41) is 3.50. The second-order valence-electron chi connectivity index (χ2n) is 5.33. The van der Waals surface area contributed by atoms with E-state index in [0.29, 0.717) is 17.4 Å². The van der Waals surface area contributed by atoms with Gasteiger partial charge in [-0.3, -0.25) is 4.79 Å². The molecule has 2 rings (SSSR count). The molecule has 0 radical (unpaired) electrons. The maximum Gasteiger partial charge on any atom is 0.225 e. The number of hydrogen-bond acceptors (Lipinski definition) is 3. The number of nitrogens with zero attached hydrogens (tertiary/aromatic N) is 1. The van der Waals surface area contributed by atoms with Crippen molar-refractivity contribution in [2.75, 3.05) is 31.5 Å². The van der Waals surface area contributed by atoms with E-state index in [1.165, 1.54) is 0 Å². The normalized spacial score (nSPS) is 16.3. The average Bonchev–Trinajstić information content (AvgIpc) is 2.46. The summed E-state index contributed by atoms with van der Waals surface area (Å²) in [6, 6.07) is 7.22. The molecule has 1 amide bonds. The SMILES string of the molecule is Cl.NCC1CCN(CCC(=O)Nc2cccc(Cl)c2)CC1. The summed E-state index contributed by atoms with van der Waals surface area (Å²) in [7, 11) is 0. The topological polar surface area (TPSA) is 58.4 Å². The minimum absolute atomic E-state index is 0. The van der Waals surface area contributed by atoms with Gasteiger partial charge in [-0.2, -0.15) is 0 Å². The number of hydrogen-bond donors (Lipinski definition) is 2. The molecule has 0 spiro atoms. The maximum absolute atomic E-state index is 11.9. The van der Waals surface area contributed by atoms with Crippen molar-refractivity contribution in [1.82, 2.24) is 4.90 Å². The van der Waals surface area contributed by atoms with Gasteiger partial charge in [0.05, 0.1) is 0 Å². The molecule has 3 N–H and O–H groups in total. The predicted molar refractivity (Wildman–Crippen MR) is 90.2 cm³/mol. The van der Waals surface area contributed by atoms with E-state index in [2.05, 4.69) is 10.2 Å². The third-order valence-electron chi connectivity index (χ3n) is 3.80. The lowest BCUT2D eigenvalue weighted by molar-refractivity contribution is -0.116. The molecule has 1 heterocycles. The van der Waals surface area contributed by atoms with Gasteiger partial charge in [0.25, 0.3) is 0 Å². The number of piperidine rings is 1. The molecule has 0 unspecified atom stereocenters. The van der Waals surface area contributed by atoms with Gasteiger partial charge in [-0.15, -0.1) is 12.4 Å². The molecule has 0 aliphatic carbocycles. The van der Waals surface area contributed by atoms with Crippen molar-refractivity contribution < 1.29 is 4.79 Å². The Morgan fingerprint density at radius 1 is 1.38 bits per heavy atom. The molecule has 1 aliphatic heterocycles. The van der Waals surface area contributed by atoms with Gasteiger partial charge < -0.3 is 16.0 Å². The molecule has 118 valence electrons. The first kappa shape index (κ1) is 18.2. The number of halogens is 2. The zero-order chi connectivity index (χ0) is 14.4. The molecule has 1 aromatic carbocycles. The highest BCUT2D eigenvalue weighted by atomic mass is 35.5. The molecule has 1 aromatic rings. The van der Waals surface area contributed by atoms with Crippen LogP contribution in [0.3, 0.4) is 0 Å². The molecular formula is C15H23Cl2N3O. The molecule has 0 atom stereocenters. The highest BCUT2D eigenvalue weighted by Crippen LogP contribution is 2.17. The monoisotopic (exact) mass is 331 g/mol. The van der Waals surface area contributed by atoms with Crippen molar-refractivity contribution in [3.63, 3.8) is 0 Å². The summed E-state index contributed by atoms with van der Waals surface area (Å²) >= 11 is 5.88. The predicted octanol–water partition coefficient (Wildman–Crippen LogP) is 2.76. The minimum Gasteiger partial charge on any atom is -0.330 e. The van der Waals surface area contributed by atoms with Gasteiger partial charge in [0, 0.05) is 23.7 Å². The Hall–Kier alpha value is -0.810. The van der Waals surface area contributed by atoms with Crippen molar-refractivity contribution >= 4 is 35.6 Å². The van der Waals surface area contributed by atoms with Crippen molar-refractivity contribution in [3.05, 3.63) is 29.3 Å². The zero-order valence-corrected chi connectivity index (χ0v) is 13.6. The Labute approximate surface area is 137 Å². The fraction of sp³-hybridized carbons (Fsp3) is 0.533. The van der Waals surface area contributed by atoms with Gasteiger partial charge in [0.2, 0.25) is 5.91 Å². The van der Waals surface area contributed by atoms with Crippen LogP contribution in [0.1, 0.15) is 19.3 Å². The van der Waals surface area contributed by atoms with Crippen LogP contribution in [0.5, 0.6) is 0 Å². The Morgan fingerprint density at radius 3 is 2.71 bits per heavy atom. The highest BCUT2D eigenvalue weighted by Gasteiger charge is 2.18. The van der Waals surface area contributed by atoms with E-state index >= 15 is 0 Å². The third kappa shape index (κ3) is 6.22. The lowest BCUT2D eigenvalue weighted by Crippen LogP contribution is -2.37. The molecule has 1 fully saturated rings. The first-order valence-electron chi connectivity index (χ1n) is 7.15. The number of amides is 1. The molecule has 6 heteroatoms. The number of anilines is 1. The van der Waals surface area contributed by atoms with Crippen LogP contribution in [0, 0.1) is 5.92 Å². The van der Waals surface area contributed by atoms with E-state index in [1.54, 1.807) is 12.1 Å². The Morgan fingerprint density at radius 2 is 2.10 bits per heavy atom. The summed E-state index contributed by atoms with van der Waals surface area (Å²) in [6.07, 6.45) is 2.80. The molecule has 4 nitrogen and oxygen atoms in total. The van der Waals surface area contributed by atoms with Crippen LogP contribution in [0.25, 0.3) is 0 Å². The molecular weight excluding hydrogens is 309 g/mol. The number of benzene rings is 1. The molecule has 1 aliphatic rings. The summed E-state index contributed by atoms with van der Waals surface area (Å²) in [5.41, 5.74) is 6.43. The fourth-order valence-corrected chi connectivity index (χ4v) is 2.69. The zero-order valence-electron chi connectivity index (χ0n) is 12.1. The van der Waals surface area contributed by atoms with Crippen LogP contribution in [-0.4, -0.2) is 37.0 Å². The van der Waals surface area contributed by atoms with Crippen molar-refractivity contribution in [2.45, 2.75) is 19.3 Å². The lowest BCUT2D eigenvalue weighted by atomic mass is 9.97. The number of nitrogens with two attached hydrogens (primary N) is 1. The van der Waals surface area contributed by atoms with E-state index in [9.17, 15) is 4.79 Å². The molecule has 0 bridgehead atoms. The van der Waals surface area contributed by atoms with Gasteiger partial charge in [-0.25, -0.2) is 0 Å². The highest BCUT2D eigenvalue weighted by molar-refractivity contribution is 6.30. The quantitative estimate of drug-likeness (QED) is 0.872. The Kier molecular flexibility index (Phi) is 8.04. The lowest BCUT2D eigenvalue weighted by Gasteiger charge is -2.31.